The molecule has 0 unspecified atom stereocenters. The van der Waals surface area contributed by atoms with Crippen LogP contribution in [0.25, 0.3) is 0 Å². The Morgan fingerprint density at radius 3 is 2.62 bits per heavy atom. The summed E-state index contributed by atoms with van der Waals surface area (Å²) in [5.74, 6) is 0.394. The Morgan fingerprint density at radius 1 is 1.43 bits per heavy atom. The largest absolute Gasteiger partial charge is 0.444 e. The molecule has 1 aliphatic rings. The lowest BCUT2D eigenvalue weighted by Crippen LogP contribution is -2.45. The summed E-state index contributed by atoms with van der Waals surface area (Å²) in [6, 6.07) is 3.24. The molecule has 1 aliphatic heterocycles. The molecule has 0 saturated carbocycles. The van der Waals surface area contributed by atoms with Crippen LogP contribution in [0.4, 0.5) is 0 Å². The van der Waals surface area contributed by atoms with Gasteiger partial charge in [0, 0.05) is 20.1 Å². The zero-order valence-electron chi connectivity index (χ0n) is 12.0. The van der Waals surface area contributed by atoms with Crippen LogP contribution in [0, 0.1) is 5.92 Å². The van der Waals surface area contributed by atoms with Crippen LogP contribution in [0.1, 0.15) is 23.4 Å². The van der Waals surface area contributed by atoms with Crippen molar-refractivity contribution >= 4 is 27.7 Å². The van der Waals surface area contributed by atoms with Gasteiger partial charge >= 0.3 is 0 Å². The summed E-state index contributed by atoms with van der Waals surface area (Å²) in [5, 5.41) is 0. The van der Waals surface area contributed by atoms with Gasteiger partial charge in [0.1, 0.15) is 0 Å². The lowest BCUT2D eigenvalue weighted by atomic mass is 9.97. The number of hydrogen-bond acceptors (Lipinski definition) is 4. The summed E-state index contributed by atoms with van der Waals surface area (Å²) >= 11 is 3.15. The third kappa shape index (κ3) is 4.07. The molecule has 6 nitrogen and oxygen atoms in total. The van der Waals surface area contributed by atoms with E-state index in [1.165, 1.54) is 4.90 Å². The predicted octanol–water partition coefficient (Wildman–Crippen LogP) is 1.31. The summed E-state index contributed by atoms with van der Waals surface area (Å²) in [6.07, 6.45) is 1.87. The molecule has 1 fully saturated rings. The van der Waals surface area contributed by atoms with E-state index in [1.807, 2.05) is 0 Å². The zero-order valence-corrected chi connectivity index (χ0v) is 13.6. The molecule has 1 aromatic rings. The van der Waals surface area contributed by atoms with Crippen molar-refractivity contribution in [2.24, 2.45) is 11.7 Å². The fourth-order valence-electron chi connectivity index (χ4n) is 2.41. The van der Waals surface area contributed by atoms with Crippen LogP contribution in [0.15, 0.2) is 21.2 Å². The zero-order chi connectivity index (χ0) is 15.4. The van der Waals surface area contributed by atoms with E-state index in [2.05, 4.69) is 15.9 Å². The maximum absolute atomic E-state index is 12.2. The highest BCUT2D eigenvalue weighted by atomic mass is 79.9. The van der Waals surface area contributed by atoms with E-state index in [-0.39, 0.29) is 24.1 Å². The molecule has 116 valence electrons. The first-order valence-corrected chi connectivity index (χ1v) is 7.79. The van der Waals surface area contributed by atoms with Crippen LogP contribution in [-0.4, -0.2) is 54.8 Å². The number of carbonyl (C=O) groups is 2. The minimum absolute atomic E-state index is 0.0352. The number of hydrogen-bond donors (Lipinski definition) is 1. The number of rotatable bonds is 4. The van der Waals surface area contributed by atoms with Gasteiger partial charge in [0.15, 0.2) is 10.4 Å². The molecule has 0 aliphatic carbocycles. The van der Waals surface area contributed by atoms with Crippen molar-refractivity contribution in [2.45, 2.75) is 12.8 Å². The molecule has 2 N–H and O–H groups in total. The molecule has 0 aromatic carbocycles. The second-order valence-electron chi connectivity index (χ2n) is 5.32. The topological polar surface area (TPSA) is 79.8 Å². The van der Waals surface area contributed by atoms with Crippen molar-refractivity contribution in [2.75, 3.05) is 33.2 Å². The molecule has 7 heteroatoms. The predicted molar refractivity (Wildman–Crippen MR) is 81.7 cm³/mol. The SMILES string of the molecule is CN(CC(=O)N1CCC(CN)CC1)C(=O)c1ccc(Br)o1. The van der Waals surface area contributed by atoms with Crippen LogP contribution in [0.3, 0.4) is 0 Å². The highest BCUT2D eigenvalue weighted by Gasteiger charge is 2.24. The number of amides is 2. The lowest BCUT2D eigenvalue weighted by Gasteiger charge is -2.32. The van der Waals surface area contributed by atoms with Gasteiger partial charge in [0.25, 0.3) is 5.91 Å². The van der Waals surface area contributed by atoms with Crippen LogP contribution in [0.5, 0.6) is 0 Å². The Labute approximate surface area is 132 Å². The van der Waals surface area contributed by atoms with Gasteiger partial charge in [0.2, 0.25) is 5.91 Å². The maximum atomic E-state index is 12.2. The van der Waals surface area contributed by atoms with Gasteiger partial charge in [-0.15, -0.1) is 0 Å². The average Bonchev–Trinajstić information content (AvgIpc) is 2.93. The molecule has 0 radical (unpaired) electrons. The summed E-state index contributed by atoms with van der Waals surface area (Å²) in [4.78, 5) is 27.5. The van der Waals surface area contributed by atoms with Crippen LogP contribution >= 0.6 is 15.9 Å². The first kappa shape index (κ1) is 16.0. The highest BCUT2D eigenvalue weighted by Crippen LogP contribution is 2.17. The molecule has 1 aromatic heterocycles. The monoisotopic (exact) mass is 357 g/mol. The van der Waals surface area contributed by atoms with Crippen LogP contribution < -0.4 is 5.73 Å². The minimum atomic E-state index is -0.300. The first-order valence-electron chi connectivity index (χ1n) is 7.00. The molecule has 2 rings (SSSR count). The summed E-state index contributed by atoms with van der Waals surface area (Å²) in [6.45, 7) is 2.17. The van der Waals surface area contributed by atoms with Gasteiger partial charge < -0.3 is 20.0 Å². The van der Waals surface area contributed by atoms with E-state index in [1.54, 1.807) is 24.1 Å². The number of halogens is 1. The first-order chi connectivity index (χ1) is 10.0. The highest BCUT2D eigenvalue weighted by molar-refractivity contribution is 9.10. The summed E-state index contributed by atoms with van der Waals surface area (Å²) < 4.78 is 5.70. The fraction of sp³-hybridized carbons (Fsp3) is 0.571. The standard InChI is InChI=1S/C14H20BrN3O3/c1-17(14(20)11-2-3-12(15)21-11)9-13(19)18-6-4-10(8-16)5-7-18/h2-3,10H,4-9,16H2,1H3. The van der Waals surface area contributed by atoms with E-state index >= 15 is 0 Å². The van der Waals surface area contributed by atoms with E-state index < -0.39 is 0 Å². The molecule has 0 bridgehead atoms. The van der Waals surface area contributed by atoms with E-state index in [0.29, 0.717) is 17.1 Å². The van der Waals surface area contributed by atoms with Gasteiger partial charge in [-0.2, -0.15) is 0 Å². The Hall–Kier alpha value is -1.34. The van der Waals surface area contributed by atoms with Crippen LogP contribution in [0.2, 0.25) is 0 Å². The molecule has 2 amide bonds. The Morgan fingerprint density at radius 2 is 2.10 bits per heavy atom. The molecule has 0 spiro atoms. The van der Waals surface area contributed by atoms with Gasteiger partial charge in [0.05, 0.1) is 6.54 Å². The van der Waals surface area contributed by atoms with E-state index in [9.17, 15) is 9.59 Å². The van der Waals surface area contributed by atoms with Gasteiger partial charge in [-0.1, -0.05) is 0 Å². The number of carbonyl (C=O) groups excluding carboxylic acids is 2. The van der Waals surface area contributed by atoms with Crippen molar-refractivity contribution in [1.82, 2.24) is 9.80 Å². The van der Waals surface area contributed by atoms with E-state index in [4.69, 9.17) is 10.2 Å². The number of piperidine rings is 1. The quantitative estimate of drug-likeness (QED) is 0.880. The molecular formula is C14H20BrN3O3. The smallest absolute Gasteiger partial charge is 0.289 e. The summed E-state index contributed by atoms with van der Waals surface area (Å²) in [7, 11) is 1.60. The van der Waals surface area contributed by atoms with E-state index in [0.717, 1.165) is 25.9 Å². The van der Waals surface area contributed by atoms with Crippen molar-refractivity contribution in [3.8, 4) is 0 Å². The second kappa shape index (κ2) is 7.09. The van der Waals surface area contributed by atoms with Crippen molar-refractivity contribution in [3.05, 3.63) is 22.6 Å². The molecule has 0 atom stereocenters. The Kier molecular flexibility index (Phi) is 5.41. The lowest BCUT2D eigenvalue weighted by molar-refractivity contribution is -0.133. The fourth-order valence-corrected chi connectivity index (χ4v) is 2.72. The third-order valence-electron chi connectivity index (χ3n) is 3.80. The third-order valence-corrected chi connectivity index (χ3v) is 4.23. The van der Waals surface area contributed by atoms with Crippen molar-refractivity contribution in [3.63, 3.8) is 0 Å². The average molecular weight is 358 g/mol. The maximum Gasteiger partial charge on any atom is 0.289 e. The Balaban J connectivity index is 1.86. The molecule has 2 heterocycles. The Bertz CT molecular complexity index is 509. The van der Waals surface area contributed by atoms with Gasteiger partial charge in [-0.25, -0.2) is 0 Å². The molecule has 21 heavy (non-hydrogen) atoms. The van der Waals surface area contributed by atoms with Crippen molar-refractivity contribution < 1.29 is 14.0 Å². The number of nitrogens with two attached hydrogens (primary N) is 1. The van der Waals surface area contributed by atoms with Gasteiger partial charge in [-0.05, 0) is 53.4 Å². The van der Waals surface area contributed by atoms with Gasteiger partial charge in [-0.3, -0.25) is 9.59 Å². The molecular weight excluding hydrogens is 338 g/mol. The second-order valence-corrected chi connectivity index (χ2v) is 6.11. The minimum Gasteiger partial charge on any atom is -0.444 e. The number of nitrogens with zero attached hydrogens (tertiary/aromatic N) is 2. The number of furan rings is 1. The normalized spacial score (nSPS) is 16.0. The number of likely N-dealkylation sites (tertiary alicyclic amines) is 1. The summed E-state index contributed by atoms with van der Waals surface area (Å²) in [5.41, 5.74) is 5.64. The van der Waals surface area contributed by atoms with Crippen molar-refractivity contribution in [1.29, 1.82) is 0 Å². The van der Waals surface area contributed by atoms with Crippen LogP contribution in [-0.2, 0) is 4.79 Å². The molecule has 1 saturated heterocycles. The number of likely N-dealkylation sites (N-methyl/N-ethyl adjacent to an activating group) is 1.